The van der Waals surface area contributed by atoms with Gasteiger partial charge < -0.3 is 4.74 Å². The molecule has 104 valence electrons. The largest absolute Gasteiger partial charge is 0.444 e. The minimum Gasteiger partial charge on any atom is -0.444 e. The molecular formula is C14H20N2O2S. The quantitative estimate of drug-likeness (QED) is 0.870. The molecule has 1 N–H and O–H groups in total. The molecule has 4 nitrogen and oxygen atoms in total. The number of nitrogens with zero attached hydrogens (tertiary/aromatic N) is 1. The number of amides is 1. The predicted octanol–water partition coefficient (Wildman–Crippen LogP) is 4.45. The summed E-state index contributed by atoms with van der Waals surface area (Å²) in [6.45, 7) is 5.54. The van der Waals surface area contributed by atoms with Gasteiger partial charge in [0.1, 0.15) is 5.60 Å². The fourth-order valence-corrected chi connectivity index (χ4v) is 2.82. The number of nitrogens with one attached hydrogen (secondary N) is 1. The van der Waals surface area contributed by atoms with Crippen molar-refractivity contribution in [2.24, 2.45) is 0 Å². The van der Waals surface area contributed by atoms with Gasteiger partial charge in [-0.05, 0) is 52.0 Å². The number of ether oxygens (including phenoxy) is 1. The number of carbonyl (C=O) groups is 1. The van der Waals surface area contributed by atoms with E-state index in [1.54, 1.807) is 16.8 Å². The van der Waals surface area contributed by atoms with Crippen LogP contribution in [0.15, 0.2) is 11.6 Å². The molecule has 0 aliphatic heterocycles. The van der Waals surface area contributed by atoms with Crippen LogP contribution in [-0.2, 0) is 4.74 Å². The minimum absolute atomic E-state index is 0.448. The molecule has 1 heterocycles. The second-order valence-corrected chi connectivity index (χ2v) is 6.49. The molecule has 1 aromatic heterocycles. The number of rotatable bonds is 2. The highest BCUT2D eigenvalue weighted by molar-refractivity contribution is 7.11. The highest BCUT2D eigenvalue weighted by Gasteiger charge is 2.19. The maximum atomic E-state index is 11.8. The number of anilines is 1. The molecule has 0 saturated carbocycles. The van der Waals surface area contributed by atoms with Crippen LogP contribution in [0.2, 0.25) is 0 Å². The van der Waals surface area contributed by atoms with Gasteiger partial charge in [0.15, 0.2) is 5.82 Å². The zero-order valence-corrected chi connectivity index (χ0v) is 12.5. The first-order valence-electron chi connectivity index (χ1n) is 6.58. The van der Waals surface area contributed by atoms with Crippen LogP contribution in [-0.4, -0.2) is 16.7 Å². The first-order valence-corrected chi connectivity index (χ1v) is 7.46. The summed E-state index contributed by atoms with van der Waals surface area (Å²) in [4.78, 5) is 17.1. The second-order valence-electron chi connectivity index (χ2n) is 5.63. The number of hydrogen-bond donors (Lipinski definition) is 1. The number of thiazole rings is 1. The van der Waals surface area contributed by atoms with Crippen molar-refractivity contribution in [2.75, 3.05) is 5.32 Å². The zero-order chi connectivity index (χ0) is 13.9. The van der Waals surface area contributed by atoms with Crippen LogP contribution in [0.25, 0.3) is 5.57 Å². The second kappa shape index (κ2) is 5.74. The molecule has 0 saturated heterocycles. The van der Waals surface area contributed by atoms with E-state index in [0.29, 0.717) is 5.82 Å². The van der Waals surface area contributed by atoms with E-state index >= 15 is 0 Å². The third-order valence-corrected chi connectivity index (χ3v) is 3.67. The topological polar surface area (TPSA) is 51.2 Å². The molecule has 19 heavy (non-hydrogen) atoms. The van der Waals surface area contributed by atoms with Gasteiger partial charge in [-0.25, -0.2) is 9.78 Å². The van der Waals surface area contributed by atoms with Gasteiger partial charge in [0, 0.05) is 0 Å². The average Bonchev–Trinajstić information content (AvgIpc) is 2.75. The van der Waals surface area contributed by atoms with E-state index in [1.807, 2.05) is 20.8 Å². The van der Waals surface area contributed by atoms with Gasteiger partial charge in [0.05, 0.1) is 10.4 Å². The molecule has 2 rings (SSSR count). The normalized spacial score (nSPS) is 15.8. The summed E-state index contributed by atoms with van der Waals surface area (Å²) in [5.74, 6) is 0.618. The molecule has 0 fully saturated rings. The third-order valence-electron chi connectivity index (χ3n) is 2.77. The Morgan fingerprint density at radius 3 is 2.84 bits per heavy atom. The Labute approximate surface area is 117 Å². The lowest BCUT2D eigenvalue weighted by molar-refractivity contribution is 0.0635. The molecule has 1 aliphatic rings. The third kappa shape index (κ3) is 4.06. The van der Waals surface area contributed by atoms with Crippen molar-refractivity contribution < 1.29 is 9.53 Å². The van der Waals surface area contributed by atoms with Crippen LogP contribution < -0.4 is 5.32 Å². The van der Waals surface area contributed by atoms with Crippen molar-refractivity contribution >= 4 is 28.8 Å². The smallest absolute Gasteiger partial charge is 0.413 e. The summed E-state index contributed by atoms with van der Waals surface area (Å²) in [6, 6.07) is 0. The van der Waals surface area contributed by atoms with Crippen LogP contribution in [0.1, 0.15) is 51.3 Å². The van der Waals surface area contributed by atoms with Crippen molar-refractivity contribution in [2.45, 2.75) is 52.1 Å². The van der Waals surface area contributed by atoms with Crippen LogP contribution in [0, 0.1) is 0 Å². The Morgan fingerprint density at radius 2 is 2.21 bits per heavy atom. The molecule has 0 spiro atoms. The molecular weight excluding hydrogens is 260 g/mol. The van der Waals surface area contributed by atoms with E-state index in [0.717, 1.165) is 17.7 Å². The molecule has 5 heteroatoms. The van der Waals surface area contributed by atoms with Crippen molar-refractivity contribution in [3.8, 4) is 0 Å². The summed E-state index contributed by atoms with van der Waals surface area (Å²) in [5, 5.41) is 2.74. The SMILES string of the molecule is CC(C)(C)OC(=O)Nc1ncsc1C1=CCCCC1. The van der Waals surface area contributed by atoms with E-state index in [2.05, 4.69) is 16.4 Å². The van der Waals surface area contributed by atoms with E-state index < -0.39 is 11.7 Å². The number of allylic oxidation sites excluding steroid dienone is 2. The fourth-order valence-electron chi connectivity index (χ4n) is 2.01. The Morgan fingerprint density at radius 1 is 1.42 bits per heavy atom. The van der Waals surface area contributed by atoms with Crippen molar-refractivity contribution in [3.05, 3.63) is 16.5 Å². The standard InChI is InChI=1S/C14H20N2O2S/c1-14(2,3)18-13(17)16-12-11(19-9-15-12)10-7-5-4-6-8-10/h7,9H,4-6,8H2,1-3H3,(H,16,17). The highest BCUT2D eigenvalue weighted by Crippen LogP contribution is 2.34. The number of hydrogen-bond acceptors (Lipinski definition) is 4. The highest BCUT2D eigenvalue weighted by atomic mass is 32.1. The summed E-state index contributed by atoms with van der Waals surface area (Å²) >= 11 is 1.57. The Kier molecular flexibility index (Phi) is 4.24. The molecule has 0 unspecified atom stereocenters. The molecule has 1 amide bonds. The summed E-state index contributed by atoms with van der Waals surface area (Å²) in [6.07, 6.45) is 6.42. The first-order chi connectivity index (χ1) is 8.96. The minimum atomic E-state index is -0.496. The van der Waals surface area contributed by atoms with Gasteiger partial charge >= 0.3 is 6.09 Å². The lowest BCUT2D eigenvalue weighted by Gasteiger charge is -2.19. The van der Waals surface area contributed by atoms with Gasteiger partial charge in [0.2, 0.25) is 0 Å². The lowest BCUT2D eigenvalue weighted by atomic mass is 9.98. The van der Waals surface area contributed by atoms with Crippen LogP contribution in [0.3, 0.4) is 0 Å². The number of carbonyl (C=O) groups excluding carboxylic acids is 1. The lowest BCUT2D eigenvalue weighted by Crippen LogP contribution is -2.27. The zero-order valence-electron chi connectivity index (χ0n) is 11.7. The molecule has 0 atom stereocenters. The molecule has 1 aromatic rings. The fraction of sp³-hybridized carbons (Fsp3) is 0.571. The Hall–Kier alpha value is -1.36. The predicted molar refractivity (Wildman–Crippen MR) is 78.4 cm³/mol. The van der Waals surface area contributed by atoms with E-state index in [1.165, 1.54) is 18.4 Å². The van der Waals surface area contributed by atoms with Gasteiger partial charge in [0.25, 0.3) is 0 Å². The van der Waals surface area contributed by atoms with Crippen LogP contribution in [0.5, 0.6) is 0 Å². The van der Waals surface area contributed by atoms with Crippen molar-refractivity contribution in [1.82, 2.24) is 4.98 Å². The average molecular weight is 280 g/mol. The van der Waals surface area contributed by atoms with Gasteiger partial charge in [-0.1, -0.05) is 6.08 Å². The Bertz CT molecular complexity index is 486. The maximum Gasteiger partial charge on any atom is 0.413 e. The van der Waals surface area contributed by atoms with Crippen LogP contribution >= 0.6 is 11.3 Å². The van der Waals surface area contributed by atoms with E-state index in [-0.39, 0.29) is 0 Å². The Balaban J connectivity index is 2.07. The monoisotopic (exact) mass is 280 g/mol. The van der Waals surface area contributed by atoms with Gasteiger partial charge in [-0.2, -0.15) is 0 Å². The first kappa shape index (κ1) is 14.1. The maximum absolute atomic E-state index is 11.8. The summed E-state index contributed by atoms with van der Waals surface area (Å²) < 4.78 is 5.25. The summed E-state index contributed by atoms with van der Waals surface area (Å²) in [5.41, 5.74) is 2.56. The molecule has 1 aliphatic carbocycles. The molecule has 0 aromatic carbocycles. The van der Waals surface area contributed by atoms with Gasteiger partial charge in [-0.3, -0.25) is 5.32 Å². The molecule has 0 radical (unpaired) electrons. The van der Waals surface area contributed by atoms with Crippen molar-refractivity contribution in [3.63, 3.8) is 0 Å². The van der Waals surface area contributed by atoms with E-state index in [4.69, 9.17) is 4.74 Å². The van der Waals surface area contributed by atoms with Crippen molar-refractivity contribution in [1.29, 1.82) is 0 Å². The van der Waals surface area contributed by atoms with E-state index in [9.17, 15) is 4.79 Å². The summed E-state index contributed by atoms with van der Waals surface area (Å²) in [7, 11) is 0. The van der Waals surface area contributed by atoms with Crippen LogP contribution in [0.4, 0.5) is 10.6 Å². The molecule has 0 bridgehead atoms. The number of aromatic nitrogens is 1. The van der Waals surface area contributed by atoms with Gasteiger partial charge in [-0.15, -0.1) is 11.3 Å².